The van der Waals surface area contributed by atoms with Gasteiger partial charge in [0.2, 0.25) is 21.8 Å². The van der Waals surface area contributed by atoms with Crippen molar-refractivity contribution in [2.75, 3.05) is 31.8 Å². The summed E-state index contributed by atoms with van der Waals surface area (Å²) in [6.07, 6.45) is 0.00474. The first-order valence-corrected chi connectivity index (χ1v) is 8.68. The molecule has 1 aliphatic heterocycles. The Kier molecular flexibility index (Phi) is 5.22. The lowest BCUT2D eigenvalue weighted by Gasteiger charge is -2.25. The van der Waals surface area contributed by atoms with Crippen molar-refractivity contribution in [1.29, 1.82) is 0 Å². The SMILES string of the molecule is CNS(=O)(=O)CCNC(=O)[C@H]1CC(=O)Nc2ccc(OC)cc21. The summed E-state index contributed by atoms with van der Waals surface area (Å²) in [7, 11) is -0.566. The molecule has 1 aromatic rings. The summed E-state index contributed by atoms with van der Waals surface area (Å²) in [6, 6.07) is 5.07. The third-order valence-corrected chi connectivity index (χ3v) is 4.96. The van der Waals surface area contributed by atoms with Crippen molar-refractivity contribution in [3.05, 3.63) is 23.8 Å². The van der Waals surface area contributed by atoms with Crippen LogP contribution < -0.4 is 20.1 Å². The Morgan fingerprint density at radius 1 is 1.43 bits per heavy atom. The fourth-order valence-electron chi connectivity index (χ4n) is 2.33. The Bertz CT molecular complexity index is 717. The van der Waals surface area contributed by atoms with Crippen LogP contribution in [0.1, 0.15) is 17.9 Å². The maximum absolute atomic E-state index is 12.3. The van der Waals surface area contributed by atoms with Gasteiger partial charge in [0.05, 0.1) is 18.8 Å². The lowest BCUT2D eigenvalue weighted by Crippen LogP contribution is -2.38. The number of benzene rings is 1. The highest BCUT2D eigenvalue weighted by atomic mass is 32.2. The van der Waals surface area contributed by atoms with Crippen LogP contribution in [0, 0.1) is 0 Å². The van der Waals surface area contributed by atoms with E-state index in [2.05, 4.69) is 15.4 Å². The lowest BCUT2D eigenvalue weighted by atomic mass is 9.89. The molecule has 1 aliphatic rings. The first kappa shape index (κ1) is 17.2. The number of carbonyl (C=O) groups excluding carboxylic acids is 2. The molecule has 0 fully saturated rings. The van der Waals surface area contributed by atoms with Gasteiger partial charge in [0.1, 0.15) is 5.75 Å². The maximum atomic E-state index is 12.3. The number of fused-ring (bicyclic) bond motifs is 1. The van der Waals surface area contributed by atoms with Crippen LogP contribution in [0.5, 0.6) is 5.75 Å². The fourth-order valence-corrected chi connectivity index (χ4v) is 2.91. The predicted octanol–water partition coefficient (Wildman–Crippen LogP) is -0.214. The van der Waals surface area contributed by atoms with E-state index in [4.69, 9.17) is 4.74 Å². The number of carbonyl (C=O) groups is 2. The molecule has 126 valence electrons. The van der Waals surface area contributed by atoms with Crippen LogP contribution in [-0.4, -0.2) is 46.7 Å². The molecule has 8 nitrogen and oxygen atoms in total. The van der Waals surface area contributed by atoms with E-state index in [1.54, 1.807) is 18.2 Å². The molecule has 1 aromatic carbocycles. The van der Waals surface area contributed by atoms with Crippen LogP contribution in [0.3, 0.4) is 0 Å². The predicted molar refractivity (Wildman–Crippen MR) is 84.8 cm³/mol. The van der Waals surface area contributed by atoms with Crippen LogP contribution in [0.15, 0.2) is 18.2 Å². The molecule has 0 spiro atoms. The zero-order valence-electron chi connectivity index (χ0n) is 12.9. The highest BCUT2D eigenvalue weighted by Crippen LogP contribution is 2.34. The van der Waals surface area contributed by atoms with Gasteiger partial charge in [-0.2, -0.15) is 0 Å². The van der Waals surface area contributed by atoms with Gasteiger partial charge in [0.15, 0.2) is 0 Å². The number of hydrogen-bond donors (Lipinski definition) is 3. The van der Waals surface area contributed by atoms with Gasteiger partial charge in [-0.15, -0.1) is 0 Å². The molecule has 0 bridgehead atoms. The van der Waals surface area contributed by atoms with Gasteiger partial charge in [0.25, 0.3) is 0 Å². The average molecular weight is 341 g/mol. The summed E-state index contributed by atoms with van der Waals surface area (Å²) in [5.74, 6) is -0.966. The second-order valence-corrected chi connectivity index (χ2v) is 7.12. The molecule has 0 aliphatic carbocycles. The standard InChI is InChI=1S/C14H19N3O5S/c1-15-23(20,21)6-5-16-14(19)11-8-13(18)17-12-4-3-9(22-2)7-10(11)12/h3-4,7,11,15H,5-6,8H2,1-2H3,(H,16,19)(H,17,18)/t11-/m0/s1. The van der Waals surface area contributed by atoms with E-state index in [0.29, 0.717) is 17.0 Å². The summed E-state index contributed by atoms with van der Waals surface area (Å²) in [6.45, 7) is -0.0283. The zero-order chi connectivity index (χ0) is 17.0. The first-order chi connectivity index (χ1) is 10.9. The molecular weight excluding hydrogens is 322 g/mol. The molecular formula is C14H19N3O5S. The van der Waals surface area contributed by atoms with Gasteiger partial charge in [-0.25, -0.2) is 13.1 Å². The Morgan fingerprint density at radius 3 is 2.83 bits per heavy atom. The molecule has 2 rings (SSSR count). The van der Waals surface area contributed by atoms with Crippen molar-refractivity contribution < 1.29 is 22.7 Å². The molecule has 0 saturated carbocycles. The minimum atomic E-state index is -3.39. The number of rotatable bonds is 6. The van der Waals surface area contributed by atoms with E-state index in [-0.39, 0.29) is 30.5 Å². The quantitative estimate of drug-likeness (QED) is 0.662. The summed E-state index contributed by atoms with van der Waals surface area (Å²) in [5.41, 5.74) is 1.21. The Morgan fingerprint density at radius 2 is 2.17 bits per heavy atom. The van der Waals surface area contributed by atoms with Gasteiger partial charge >= 0.3 is 0 Å². The van der Waals surface area contributed by atoms with Gasteiger partial charge in [-0.3, -0.25) is 9.59 Å². The largest absolute Gasteiger partial charge is 0.497 e. The molecule has 9 heteroatoms. The summed E-state index contributed by atoms with van der Waals surface area (Å²) in [4.78, 5) is 24.1. The molecule has 0 radical (unpaired) electrons. The van der Waals surface area contributed by atoms with E-state index in [9.17, 15) is 18.0 Å². The van der Waals surface area contributed by atoms with Crippen molar-refractivity contribution >= 4 is 27.5 Å². The Hall–Kier alpha value is -2.13. The van der Waals surface area contributed by atoms with Crippen molar-refractivity contribution in [2.24, 2.45) is 0 Å². The fraction of sp³-hybridized carbons (Fsp3) is 0.429. The van der Waals surface area contributed by atoms with E-state index >= 15 is 0 Å². The smallest absolute Gasteiger partial charge is 0.228 e. The van der Waals surface area contributed by atoms with Crippen LogP contribution >= 0.6 is 0 Å². The minimum absolute atomic E-state index is 0.00474. The van der Waals surface area contributed by atoms with Gasteiger partial charge in [0, 0.05) is 18.7 Å². The topological polar surface area (TPSA) is 114 Å². The van der Waals surface area contributed by atoms with Gasteiger partial charge < -0.3 is 15.4 Å². The maximum Gasteiger partial charge on any atom is 0.228 e. The summed E-state index contributed by atoms with van der Waals surface area (Å²) >= 11 is 0. The second kappa shape index (κ2) is 6.97. The highest BCUT2D eigenvalue weighted by Gasteiger charge is 2.31. The van der Waals surface area contributed by atoms with E-state index in [0.717, 1.165) is 0 Å². The number of ether oxygens (including phenoxy) is 1. The van der Waals surface area contributed by atoms with Crippen LogP contribution in [0.2, 0.25) is 0 Å². The Labute approximate surface area is 134 Å². The number of hydrogen-bond acceptors (Lipinski definition) is 5. The first-order valence-electron chi connectivity index (χ1n) is 7.03. The lowest BCUT2D eigenvalue weighted by molar-refractivity contribution is -0.126. The van der Waals surface area contributed by atoms with Crippen LogP contribution in [0.25, 0.3) is 0 Å². The van der Waals surface area contributed by atoms with Crippen molar-refractivity contribution in [3.8, 4) is 5.75 Å². The monoisotopic (exact) mass is 341 g/mol. The molecule has 0 aromatic heterocycles. The number of anilines is 1. The van der Waals surface area contributed by atoms with Crippen LogP contribution in [-0.2, 0) is 19.6 Å². The number of methoxy groups -OCH3 is 1. The number of nitrogens with one attached hydrogen (secondary N) is 3. The third kappa shape index (κ3) is 4.20. The van der Waals surface area contributed by atoms with E-state index < -0.39 is 15.9 Å². The van der Waals surface area contributed by atoms with Crippen molar-refractivity contribution in [1.82, 2.24) is 10.0 Å². The molecule has 1 atom stereocenters. The molecule has 1 heterocycles. The molecule has 0 unspecified atom stereocenters. The van der Waals surface area contributed by atoms with Crippen molar-refractivity contribution in [2.45, 2.75) is 12.3 Å². The number of sulfonamides is 1. The molecule has 23 heavy (non-hydrogen) atoms. The van der Waals surface area contributed by atoms with E-state index in [1.807, 2.05) is 0 Å². The van der Waals surface area contributed by atoms with E-state index in [1.165, 1.54) is 14.2 Å². The molecule has 0 saturated heterocycles. The van der Waals surface area contributed by atoms with Crippen molar-refractivity contribution in [3.63, 3.8) is 0 Å². The zero-order valence-corrected chi connectivity index (χ0v) is 13.7. The minimum Gasteiger partial charge on any atom is -0.497 e. The summed E-state index contributed by atoms with van der Waals surface area (Å²) < 4.78 is 30.0. The van der Waals surface area contributed by atoms with Crippen LogP contribution in [0.4, 0.5) is 5.69 Å². The van der Waals surface area contributed by atoms with Gasteiger partial charge in [-0.05, 0) is 30.8 Å². The normalized spacial score (nSPS) is 17.1. The number of amides is 2. The third-order valence-electron chi connectivity index (χ3n) is 3.60. The molecule has 2 amide bonds. The summed E-state index contributed by atoms with van der Waals surface area (Å²) in [5, 5.41) is 5.27. The second-order valence-electron chi connectivity index (χ2n) is 5.07. The highest BCUT2D eigenvalue weighted by molar-refractivity contribution is 7.89. The Balaban J connectivity index is 2.13. The van der Waals surface area contributed by atoms with Gasteiger partial charge in [-0.1, -0.05) is 0 Å². The average Bonchev–Trinajstić information content (AvgIpc) is 2.53. The molecule has 3 N–H and O–H groups in total.